The molecule has 98 valence electrons. The molecule has 19 heavy (non-hydrogen) atoms. The van der Waals surface area contributed by atoms with Gasteiger partial charge in [-0.15, -0.1) is 0 Å². The number of anilines is 1. The third-order valence-electron chi connectivity index (χ3n) is 2.56. The molecule has 0 saturated carbocycles. The van der Waals surface area contributed by atoms with Crippen molar-refractivity contribution in [1.29, 1.82) is 0 Å². The maximum absolute atomic E-state index is 11.9. The van der Waals surface area contributed by atoms with Crippen LogP contribution in [0.4, 0.5) is 5.69 Å². The van der Waals surface area contributed by atoms with E-state index in [1.807, 2.05) is 0 Å². The number of carbonyl (C=O) groups excluding carboxylic acids is 1. The molecule has 5 heteroatoms. The van der Waals surface area contributed by atoms with E-state index in [2.05, 4.69) is 5.32 Å². The van der Waals surface area contributed by atoms with Crippen molar-refractivity contribution in [1.82, 2.24) is 0 Å². The van der Waals surface area contributed by atoms with E-state index < -0.39 is 12.0 Å². The number of aliphatic hydroxyl groups excluding tert-OH is 1. The third kappa shape index (κ3) is 3.47. The summed E-state index contributed by atoms with van der Waals surface area (Å²) >= 11 is 11.7. The monoisotopic (exact) mass is 295 g/mol. The molecular formula is C14H11Cl2NO2. The first-order chi connectivity index (χ1) is 9.08. The van der Waals surface area contributed by atoms with Crippen LogP contribution < -0.4 is 5.32 Å². The predicted octanol–water partition coefficient (Wildman–Crippen LogP) is 3.67. The molecule has 0 saturated heterocycles. The fraction of sp³-hybridized carbons (Fsp3) is 0.0714. The summed E-state index contributed by atoms with van der Waals surface area (Å²) in [5.41, 5.74) is 0.927. The van der Waals surface area contributed by atoms with E-state index in [9.17, 15) is 9.90 Å². The molecule has 0 aliphatic carbocycles. The second-order valence-corrected chi connectivity index (χ2v) is 4.76. The molecule has 2 N–H and O–H groups in total. The van der Waals surface area contributed by atoms with E-state index in [0.717, 1.165) is 0 Å². The number of carbonyl (C=O) groups is 1. The van der Waals surface area contributed by atoms with Crippen LogP contribution in [0, 0.1) is 0 Å². The van der Waals surface area contributed by atoms with Crippen LogP contribution in [0.3, 0.4) is 0 Å². The molecule has 1 atom stereocenters. The van der Waals surface area contributed by atoms with Gasteiger partial charge in [0, 0.05) is 21.3 Å². The second-order valence-electron chi connectivity index (χ2n) is 3.92. The predicted molar refractivity (Wildman–Crippen MR) is 76.5 cm³/mol. The van der Waals surface area contributed by atoms with Crippen molar-refractivity contribution in [3.63, 3.8) is 0 Å². The Morgan fingerprint density at radius 2 is 1.68 bits per heavy atom. The summed E-state index contributed by atoms with van der Waals surface area (Å²) < 4.78 is 0. The largest absolute Gasteiger partial charge is 0.378 e. The Labute approximate surface area is 120 Å². The van der Waals surface area contributed by atoms with Gasteiger partial charge in [-0.2, -0.15) is 0 Å². The fourth-order valence-electron chi connectivity index (χ4n) is 1.58. The number of benzene rings is 2. The molecule has 2 aromatic rings. The minimum atomic E-state index is -1.32. The lowest BCUT2D eigenvalue weighted by Gasteiger charge is -2.13. The van der Waals surface area contributed by atoms with E-state index in [-0.39, 0.29) is 0 Å². The molecule has 0 aromatic heterocycles. The fourth-order valence-corrected chi connectivity index (χ4v) is 1.95. The topological polar surface area (TPSA) is 49.3 Å². The van der Waals surface area contributed by atoms with Crippen LogP contribution >= 0.6 is 23.2 Å². The quantitative estimate of drug-likeness (QED) is 0.908. The van der Waals surface area contributed by atoms with Gasteiger partial charge >= 0.3 is 0 Å². The number of aliphatic hydroxyl groups is 1. The van der Waals surface area contributed by atoms with Gasteiger partial charge in [-0.1, -0.05) is 41.4 Å². The first kappa shape index (κ1) is 13.9. The van der Waals surface area contributed by atoms with Gasteiger partial charge in [0.25, 0.3) is 5.91 Å². The van der Waals surface area contributed by atoms with Crippen molar-refractivity contribution in [2.24, 2.45) is 0 Å². The number of rotatable bonds is 3. The normalized spacial score (nSPS) is 11.9. The smallest absolute Gasteiger partial charge is 0.257 e. The SMILES string of the molecule is O=C(Nc1ccc(Cl)cc1)[C@H](O)c1ccccc1Cl. The highest BCUT2D eigenvalue weighted by Crippen LogP contribution is 2.24. The van der Waals surface area contributed by atoms with Gasteiger partial charge in [-0.05, 0) is 30.3 Å². The molecule has 2 rings (SSSR count). The van der Waals surface area contributed by atoms with Gasteiger partial charge in [0.2, 0.25) is 0 Å². The first-order valence-electron chi connectivity index (χ1n) is 5.57. The average molecular weight is 296 g/mol. The van der Waals surface area contributed by atoms with Crippen LogP contribution in [0.15, 0.2) is 48.5 Å². The molecule has 0 aliphatic heterocycles. The highest BCUT2D eigenvalue weighted by Gasteiger charge is 2.19. The molecule has 0 fully saturated rings. The Balaban J connectivity index is 2.12. The van der Waals surface area contributed by atoms with Crippen LogP contribution in [0.5, 0.6) is 0 Å². The molecule has 1 amide bonds. The Hall–Kier alpha value is -1.55. The van der Waals surface area contributed by atoms with Crippen LogP contribution in [0.25, 0.3) is 0 Å². The van der Waals surface area contributed by atoms with Gasteiger partial charge in [0.15, 0.2) is 6.10 Å². The van der Waals surface area contributed by atoms with Crippen molar-refractivity contribution >= 4 is 34.8 Å². The van der Waals surface area contributed by atoms with E-state index in [1.165, 1.54) is 0 Å². The minimum absolute atomic E-state index is 0.348. The van der Waals surface area contributed by atoms with Crippen LogP contribution in [0.1, 0.15) is 11.7 Å². The van der Waals surface area contributed by atoms with Gasteiger partial charge in [-0.3, -0.25) is 4.79 Å². The first-order valence-corrected chi connectivity index (χ1v) is 6.32. The van der Waals surface area contributed by atoms with Gasteiger partial charge in [-0.25, -0.2) is 0 Å². The number of nitrogens with one attached hydrogen (secondary N) is 1. The Bertz CT molecular complexity index is 584. The second kappa shape index (κ2) is 6.06. The number of hydrogen-bond donors (Lipinski definition) is 2. The Kier molecular flexibility index (Phi) is 4.43. The molecule has 0 radical (unpaired) electrons. The summed E-state index contributed by atoms with van der Waals surface area (Å²) in [5.74, 6) is -0.546. The lowest BCUT2D eigenvalue weighted by atomic mass is 10.1. The zero-order valence-electron chi connectivity index (χ0n) is 9.81. The standard InChI is InChI=1S/C14H11Cl2NO2/c15-9-5-7-10(8-6-9)17-14(19)13(18)11-3-1-2-4-12(11)16/h1-8,13,18H,(H,17,19)/t13-/m1/s1. The van der Waals surface area contributed by atoms with Crippen LogP contribution in [0.2, 0.25) is 10.0 Å². The average Bonchev–Trinajstić information content (AvgIpc) is 2.41. The van der Waals surface area contributed by atoms with E-state index in [0.29, 0.717) is 21.3 Å². The van der Waals surface area contributed by atoms with E-state index in [1.54, 1.807) is 48.5 Å². The Morgan fingerprint density at radius 3 is 2.32 bits per heavy atom. The number of halogens is 2. The summed E-state index contributed by atoms with van der Waals surface area (Å²) in [7, 11) is 0. The molecule has 0 bridgehead atoms. The minimum Gasteiger partial charge on any atom is -0.378 e. The summed E-state index contributed by atoms with van der Waals surface area (Å²) in [4.78, 5) is 11.9. The van der Waals surface area contributed by atoms with Crippen molar-refractivity contribution in [2.75, 3.05) is 5.32 Å². The number of hydrogen-bond acceptors (Lipinski definition) is 2. The Morgan fingerprint density at radius 1 is 1.05 bits per heavy atom. The maximum atomic E-state index is 11.9. The highest BCUT2D eigenvalue weighted by atomic mass is 35.5. The summed E-state index contributed by atoms with van der Waals surface area (Å²) in [5, 5.41) is 13.5. The van der Waals surface area contributed by atoms with Crippen LogP contribution in [-0.2, 0) is 4.79 Å². The zero-order chi connectivity index (χ0) is 13.8. The van der Waals surface area contributed by atoms with Crippen molar-refractivity contribution in [3.8, 4) is 0 Å². The van der Waals surface area contributed by atoms with Crippen LogP contribution in [-0.4, -0.2) is 11.0 Å². The van der Waals surface area contributed by atoms with Crippen molar-refractivity contribution < 1.29 is 9.90 Å². The summed E-state index contributed by atoms with van der Waals surface area (Å²) in [6, 6.07) is 13.3. The van der Waals surface area contributed by atoms with Gasteiger partial charge < -0.3 is 10.4 Å². The molecule has 0 spiro atoms. The van der Waals surface area contributed by atoms with Crippen molar-refractivity contribution in [2.45, 2.75) is 6.10 Å². The van der Waals surface area contributed by atoms with Gasteiger partial charge in [0.1, 0.15) is 0 Å². The lowest BCUT2D eigenvalue weighted by molar-refractivity contribution is -0.124. The highest BCUT2D eigenvalue weighted by molar-refractivity contribution is 6.31. The van der Waals surface area contributed by atoms with Gasteiger partial charge in [0.05, 0.1) is 0 Å². The lowest BCUT2D eigenvalue weighted by Crippen LogP contribution is -2.21. The molecule has 2 aromatic carbocycles. The maximum Gasteiger partial charge on any atom is 0.257 e. The third-order valence-corrected chi connectivity index (χ3v) is 3.16. The summed E-state index contributed by atoms with van der Waals surface area (Å²) in [6.07, 6.45) is -1.32. The molecule has 0 heterocycles. The molecule has 0 unspecified atom stereocenters. The van der Waals surface area contributed by atoms with Crippen molar-refractivity contribution in [3.05, 3.63) is 64.1 Å². The molecule has 3 nitrogen and oxygen atoms in total. The number of amides is 1. The van der Waals surface area contributed by atoms with E-state index in [4.69, 9.17) is 23.2 Å². The van der Waals surface area contributed by atoms with E-state index >= 15 is 0 Å². The zero-order valence-corrected chi connectivity index (χ0v) is 11.3. The molecular weight excluding hydrogens is 285 g/mol. The molecule has 0 aliphatic rings. The summed E-state index contributed by atoms with van der Waals surface area (Å²) in [6.45, 7) is 0.